The lowest BCUT2D eigenvalue weighted by Gasteiger charge is -2.34. The number of aryl methyl sites for hydroxylation is 3. The molecule has 2 nitrogen and oxygen atoms in total. The molecule has 0 aromatic heterocycles. The van der Waals surface area contributed by atoms with Crippen molar-refractivity contribution in [2.45, 2.75) is 168 Å². The minimum atomic E-state index is 0.0382. The maximum Gasteiger partial charge on any atom is 0.0465 e. The first-order chi connectivity index (χ1) is 28.9. The first kappa shape index (κ1) is 44.3. The van der Waals surface area contributed by atoms with Gasteiger partial charge in [-0.15, -0.1) is 0 Å². The van der Waals surface area contributed by atoms with Crippen molar-refractivity contribution in [1.29, 1.82) is 0 Å². The summed E-state index contributed by atoms with van der Waals surface area (Å²) in [6, 6.07) is 42.7. The fourth-order valence-corrected chi connectivity index (χ4v) is 9.70. The van der Waals surface area contributed by atoms with Gasteiger partial charge in [-0.05, 0) is 139 Å². The molecule has 2 heteroatoms. The van der Waals surface area contributed by atoms with Gasteiger partial charge in [0, 0.05) is 40.9 Å². The number of hydrogen-bond acceptors (Lipinski definition) is 2. The van der Waals surface area contributed by atoms with E-state index in [9.17, 15) is 0 Å². The number of nitrogens with zero attached hydrogens (tertiary/aromatic N) is 2. The van der Waals surface area contributed by atoms with Crippen LogP contribution >= 0.6 is 0 Å². The minimum absolute atomic E-state index is 0.0382. The van der Waals surface area contributed by atoms with Gasteiger partial charge in [-0.2, -0.15) is 0 Å². The Morgan fingerprint density at radius 1 is 0.390 bits per heavy atom. The highest BCUT2D eigenvalue weighted by Gasteiger charge is 2.42. The lowest BCUT2D eigenvalue weighted by atomic mass is 9.70. The average molecular weight is 789 g/mol. The number of hydrogen-bond donors (Lipinski definition) is 0. The SMILES string of the molecule is CCCCCCCCC1(CCCCCCCC)c2cc(C)ccc2-c2ccc(N(c3ccc(CCCC)cc3)c3ccc(N(C)c4ccc(CCCC)cc4)cc3)cc21. The van der Waals surface area contributed by atoms with Gasteiger partial charge in [0.15, 0.2) is 0 Å². The molecule has 59 heavy (non-hydrogen) atoms. The first-order valence-corrected chi connectivity index (χ1v) is 24.0. The zero-order valence-electron chi connectivity index (χ0n) is 37.9. The third kappa shape index (κ3) is 11.1. The number of rotatable bonds is 25. The molecule has 0 heterocycles. The molecule has 0 amide bonds. The molecule has 0 bridgehead atoms. The van der Waals surface area contributed by atoms with Crippen LogP contribution in [0.1, 0.15) is 171 Å². The van der Waals surface area contributed by atoms with Gasteiger partial charge in [0.2, 0.25) is 0 Å². The molecule has 0 saturated carbocycles. The first-order valence-electron chi connectivity index (χ1n) is 24.0. The van der Waals surface area contributed by atoms with Crippen LogP contribution in [0.3, 0.4) is 0 Å². The van der Waals surface area contributed by atoms with Gasteiger partial charge in [0.25, 0.3) is 0 Å². The van der Waals surface area contributed by atoms with Crippen molar-refractivity contribution >= 4 is 28.4 Å². The Labute approximate surface area is 360 Å². The normalized spacial score (nSPS) is 12.7. The van der Waals surface area contributed by atoms with E-state index in [1.807, 2.05) is 0 Å². The molecule has 0 unspecified atom stereocenters. The molecule has 0 saturated heterocycles. The summed E-state index contributed by atoms with van der Waals surface area (Å²) in [6.45, 7) is 11.5. The van der Waals surface area contributed by atoms with Gasteiger partial charge in [-0.1, -0.05) is 172 Å². The predicted octanol–water partition coefficient (Wildman–Crippen LogP) is 17.7. The van der Waals surface area contributed by atoms with Gasteiger partial charge >= 0.3 is 0 Å². The zero-order valence-corrected chi connectivity index (χ0v) is 37.9. The molecule has 0 fully saturated rings. The van der Waals surface area contributed by atoms with Crippen molar-refractivity contribution in [2.24, 2.45) is 0 Å². The predicted molar refractivity (Wildman–Crippen MR) is 260 cm³/mol. The van der Waals surface area contributed by atoms with E-state index in [1.54, 1.807) is 11.1 Å². The number of unbranched alkanes of at least 4 members (excludes halogenated alkanes) is 12. The number of anilines is 5. The second-order valence-electron chi connectivity index (χ2n) is 17.8. The van der Waals surface area contributed by atoms with Gasteiger partial charge in [0.05, 0.1) is 0 Å². The quantitative estimate of drug-likeness (QED) is 0.0544. The van der Waals surface area contributed by atoms with Crippen molar-refractivity contribution in [1.82, 2.24) is 0 Å². The average Bonchev–Trinajstić information content (AvgIpc) is 3.53. The molecule has 0 spiro atoms. The summed E-state index contributed by atoms with van der Waals surface area (Å²) in [6.07, 6.45) is 25.6. The molecule has 1 aliphatic rings. The summed E-state index contributed by atoms with van der Waals surface area (Å²) in [5.74, 6) is 0. The Kier molecular flexibility index (Phi) is 16.8. The molecule has 1 aliphatic carbocycles. The van der Waals surface area contributed by atoms with Crippen LogP contribution in [0.4, 0.5) is 28.4 Å². The Morgan fingerprint density at radius 2 is 0.780 bits per heavy atom. The molecule has 0 radical (unpaired) electrons. The lowest BCUT2D eigenvalue weighted by molar-refractivity contribution is 0.398. The zero-order chi connectivity index (χ0) is 41.5. The summed E-state index contributed by atoms with van der Waals surface area (Å²) in [5, 5.41) is 0. The van der Waals surface area contributed by atoms with Crippen LogP contribution in [0.25, 0.3) is 11.1 Å². The van der Waals surface area contributed by atoms with Crippen LogP contribution in [0.5, 0.6) is 0 Å². The number of benzene rings is 5. The molecule has 0 N–H and O–H groups in total. The monoisotopic (exact) mass is 789 g/mol. The largest absolute Gasteiger partial charge is 0.345 e. The molecule has 0 aliphatic heterocycles. The smallest absolute Gasteiger partial charge is 0.0465 e. The molecule has 5 aromatic carbocycles. The van der Waals surface area contributed by atoms with Crippen molar-refractivity contribution in [3.05, 3.63) is 137 Å². The maximum absolute atomic E-state index is 2.62. The highest BCUT2D eigenvalue weighted by molar-refractivity contribution is 5.86. The Morgan fingerprint density at radius 3 is 1.29 bits per heavy atom. The highest BCUT2D eigenvalue weighted by atomic mass is 15.1. The van der Waals surface area contributed by atoms with Crippen molar-refractivity contribution in [3.63, 3.8) is 0 Å². The van der Waals surface area contributed by atoms with E-state index in [-0.39, 0.29) is 5.41 Å². The molecule has 0 atom stereocenters. The molecule has 6 rings (SSSR count). The Bertz CT molecular complexity index is 1970. The second-order valence-corrected chi connectivity index (χ2v) is 17.8. The fourth-order valence-electron chi connectivity index (χ4n) is 9.70. The van der Waals surface area contributed by atoms with E-state index < -0.39 is 0 Å². The third-order valence-corrected chi connectivity index (χ3v) is 13.3. The summed E-state index contributed by atoms with van der Waals surface area (Å²) < 4.78 is 0. The summed E-state index contributed by atoms with van der Waals surface area (Å²) >= 11 is 0. The van der Waals surface area contributed by atoms with E-state index in [4.69, 9.17) is 0 Å². The molecular weight excluding hydrogens is 713 g/mol. The van der Waals surface area contributed by atoms with Gasteiger partial charge < -0.3 is 9.80 Å². The standard InChI is InChI=1S/C57H76N2/c1-7-11-15-17-19-21-41-57(42-22-20-18-16-12-8-2)55-43-45(5)25-39-53(55)54-40-38-52(44-56(54)57)59(50-32-28-47(29-33-50)24-14-10-4)51-36-34-49(35-37-51)58(6)48-30-26-46(27-31-48)23-13-9-3/h25-40,43-44H,7-24,41-42H2,1-6H3. The number of fused-ring (bicyclic) bond motifs is 3. The highest BCUT2D eigenvalue weighted by Crippen LogP contribution is 2.56. The topological polar surface area (TPSA) is 6.48 Å². The molecule has 314 valence electrons. The summed E-state index contributed by atoms with van der Waals surface area (Å²) in [5.41, 5.74) is 16.4. The van der Waals surface area contributed by atoms with Crippen LogP contribution in [-0.2, 0) is 18.3 Å². The van der Waals surface area contributed by atoms with Crippen LogP contribution in [-0.4, -0.2) is 7.05 Å². The van der Waals surface area contributed by atoms with Gasteiger partial charge in [-0.3, -0.25) is 0 Å². The van der Waals surface area contributed by atoms with Crippen molar-refractivity contribution in [3.8, 4) is 11.1 Å². The summed E-state index contributed by atoms with van der Waals surface area (Å²) in [4.78, 5) is 4.83. The molecule has 5 aromatic rings. The fraction of sp³-hybridized carbons (Fsp3) is 0.474. The molecular formula is C57H76N2. The van der Waals surface area contributed by atoms with Gasteiger partial charge in [0.1, 0.15) is 0 Å². The third-order valence-electron chi connectivity index (χ3n) is 13.3. The van der Waals surface area contributed by atoms with E-state index in [1.165, 1.54) is 172 Å². The van der Waals surface area contributed by atoms with Crippen LogP contribution in [0.2, 0.25) is 0 Å². The van der Waals surface area contributed by atoms with E-state index in [0.29, 0.717) is 0 Å². The van der Waals surface area contributed by atoms with Gasteiger partial charge in [-0.25, -0.2) is 0 Å². The van der Waals surface area contributed by atoms with Crippen molar-refractivity contribution < 1.29 is 0 Å². The van der Waals surface area contributed by atoms with Crippen LogP contribution < -0.4 is 9.80 Å². The Hall–Kier alpha value is -4.30. The van der Waals surface area contributed by atoms with Crippen LogP contribution in [0, 0.1) is 6.92 Å². The lowest BCUT2D eigenvalue weighted by Crippen LogP contribution is -2.26. The van der Waals surface area contributed by atoms with E-state index in [0.717, 1.165) is 12.8 Å². The minimum Gasteiger partial charge on any atom is -0.345 e. The maximum atomic E-state index is 2.62. The van der Waals surface area contributed by atoms with Crippen molar-refractivity contribution in [2.75, 3.05) is 16.8 Å². The van der Waals surface area contributed by atoms with E-state index in [2.05, 4.69) is 161 Å². The van der Waals surface area contributed by atoms with E-state index >= 15 is 0 Å². The van der Waals surface area contributed by atoms with Crippen LogP contribution in [0.15, 0.2) is 109 Å². The Balaban J connectivity index is 1.39. The second kappa shape index (κ2) is 22.3. The summed E-state index contributed by atoms with van der Waals surface area (Å²) in [7, 11) is 2.19.